The van der Waals surface area contributed by atoms with Gasteiger partial charge in [0.25, 0.3) is 5.91 Å². The van der Waals surface area contributed by atoms with Crippen molar-refractivity contribution in [3.05, 3.63) is 35.9 Å². The first-order chi connectivity index (χ1) is 24.4. The summed E-state index contributed by atoms with van der Waals surface area (Å²) in [7, 11) is 0. The van der Waals surface area contributed by atoms with Gasteiger partial charge in [-0.3, -0.25) is 28.8 Å². The molecule has 1 aromatic rings. The topological polar surface area (TPSA) is 203 Å². The summed E-state index contributed by atoms with van der Waals surface area (Å²) in [4.78, 5) is 92.5. The lowest BCUT2D eigenvalue weighted by Crippen LogP contribution is -2.59. The number of rotatable bonds is 17. The normalized spacial score (nSPS) is 23.3. The molecule has 0 radical (unpaired) electrons. The summed E-state index contributed by atoms with van der Waals surface area (Å²) in [5.41, 5.74) is 5.93. The number of nitrogens with two attached hydrogens (primary N) is 1. The fourth-order valence-corrected chi connectivity index (χ4v) is 8.15. The lowest BCUT2D eigenvalue weighted by molar-refractivity contribution is -0.148. The number of ketones is 2. The predicted molar refractivity (Wildman–Crippen MR) is 188 cm³/mol. The van der Waals surface area contributed by atoms with E-state index in [0.29, 0.717) is 12.0 Å². The minimum atomic E-state index is -1.16. The van der Waals surface area contributed by atoms with Gasteiger partial charge < -0.3 is 31.7 Å². The summed E-state index contributed by atoms with van der Waals surface area (Å²) in [6, 6.07) is 5.31. The zero-order chi connectivity index (χ0) is 37.1. The van der Waals surface area contributed by atoms with Crippen molar-refractivity contribution < 1.29 is 38.3 Å². The zero-order valence-electron chi connectivity index (χ0n) is 30.1. The van der Waals surface area contributed by atoms with Gasteiger partial charge in [-0.05, 0) is 74.2 Å². The summed E-state index contributed by atoms with van der Waals surface area (Å²) in [6.45, 7) is 5.32. The Balaban J connectivity index is 1.44. The Morgan fingerprint density at radius 2 is 1.45 bits per heavy atom. The van der Waals surface area contributed by atoms with Crippen LogP contribution in [0.25, 0.3) is 0 Å². The number of carbonyl (C=O) groups excluding carboxylic acids is 7. The molecule has 3 unspecified atom stereocenters. The third kappa shape index (κ3) is 10.6. The summed E-state index contributed by atoms with van der Waals surface area (Å²) >= 11 is 0. The standard InChI is InChI=1S/C38H55N5O8/c1-4-11-27(33(45)37(49)40-20-28(44)42-32(35(39)47)26-14-9-6-10-15-26)41-36(48)30-24-18-16-23(17-19-24)29(30)34(46)31(25-12-7-5-8-13-25)43-38(50)51-21-22(2)3/h6,9-10,14-15,22-25,27,29-32H,4-5,7-8,11-13,16-21H2,1-3H3,(H2,39,47)(H,40,49)(H,41,48)(H,42,44)(H,43,50)/t23?,24?,27?,29?,30?,31-,32-/m0/s1. The number of nitrogens with one attached hydrogen (secondary N) is 4. The van der Waals surface area contributed by atoms with Gasteiger partial charge in [0, 0.05) is 5.92 Å². The van der Waals surface area contributed by atoms with Gasteiger partial charge >= 0.3 is 6.09 Å². The number of fused-ring (bicyclic) bond motifs is 3. The molecule has 0 aliphatic heterocycles. The Kier molecular flexibility index (Phi) is 14.6. The van der Waals surface area contributed by atoms with Crippen LogP contribution in [-0.4, -0.2) is 66.5 Å². The molecule has 0 aromatic heterocycles. The minimum Gasteiger partial charge on any atom is -0.449 e. The van der Waals surface area contributed by atoms with Gasteiger partial charge in [0.05, 0.1) is 31.2 Å². The molecule has 2 bridgehead atoms. The van der Waals surface area contributed by atoms with E-state index in [1.165, 1.54) is 0 Å². The van der Waals surface area contributed by atoms with E-state index in [-0.39, 0.29) is 42.5 Å². The molecule has 0 heterocycles. The first-order valence-corrected chi connectivity index (χ1v) is 18.6. The molecule has 4 aliphatic carbocycles. The van der Waals surface area contributed by atoms with E-state index in [1.54, 1.807) is 30.3 Å². The average Bonchev–Trinajstić information content (AvgIpc) is 3.14. The van der Waals surface area contributed by atoms with Crippen molar-refractivity contribution in [1.29, 1.82) is 0 Å². The maximum Gasteiger partial charge on any atom is 0.407 e. The highest BCUT2D eigenvalue weighted by atomic mass is 16.5. The summed E-state index contributed by atoms with van der Waals surface area (Å²) in [5.74, 6) is -5.43. The van der Waals surface area contributed by atoms with Crippen molar-refractivity contribution in [1.82, 2.24) is 21.3 Å². The maximum atomic E-state index is 14.5. The van der Waals surface area contributed by atoms with E-state index in [9.17, 15) is 33.6 Å². The number of benzene rings is 1. The van der Waals surface area contributed by atoms with Gasteiger partial charge in [-0.15, -0.1) is 0 Å². The number of amides is 5. The Bertz CT molecular complexity index is 1400. The molecule has 51 heavy (non-hydrogen) atoms. The number of hydrogen-bond acceptors (Lipinski definition) is 8. The second-order valence-electron chi connectivity index (χ2n) is 14.9. The molecule has 13 nitrogen and oxygen atoms in total. The van der Waals surface area contributed by atoms with Crippen LogP contribution in [-0.2, 0) is 33.5 Å². The number of hydrogen-bond donors (Lipinski definition) is 5. The third-order valence-corrected chi connectivity index (χ3v) is 10.7. The molecule has 13 heteroatoms. The van der Waals surface area contributed by atoms with Gasteiger partial charge in [-0.25, -0.2) is 4.79 Å². The van der Waals surface area contributed by atoms with Gasteiger partial charge in [-0.1, -0.05) is 76.8 Å². The molecule has 6 N–H and O–H groups in total. The van der Waals surface area contributed by atoms with Gasteiger partial charge in [0.2, 0.25) is 23.5 Å². The highest BCUT2D eigenvalue weighted by molar-refractivity contribution is 6.38. The fraction of sp³-hybridized carbons (Fsp3) is 0.658. The van der Waals surface area contributed by atoms with E-state index >= 15 is 0 Å². The molecular formula is C38H55N5O8. The maximum absolute atomic E-state index is 14.5. The first-order valence-electron chi connectivity index (χ1n) is 18.6. The van der Waals surface area contributed by atoms with Gasteiger partial charge in [0.15, 0.2) is 5.78 Å². The highest BCUT2D eigenvalue weighted by Gasteiger charge is 2.52. The first kappa shape index (κ1) is 39.5. The molecule has 5 atom stereocenters. The van der Waals surface area contributed by atoms with Crippen molar-refractivity contribution in [2.24, 2.45) is 41.2 Å². The van der Waals surface area contributed by atoms with E-state index in [1.807, 2.05) is 20.8 Å². The number of carbonyl (C=O) groups is 7. The molecule has 4 aliphatic rings. The van der Waals surface area contributed by atoms with Crippen molar-refractivity contribution >= 4 is 41.3 Å². The Morgan fingerprint density at radius 3 is 2.04 bits per heavy atom. The number of ether oxygens (including phenoxy) is 1. The van der Waals surface area contributed by atoms with E-state index in [2.05, 4.69) is 21.3 Å². The molecule has 1 aromatic carbocycles. The van der Waals surface area contributed by atoms with Crippen LogP contribution in [0.15, 0.2) is 30.3 Å². The Hall–Kier alpha value is -4.29. The Morgan fingerprint density at radius 1 is 0.824 bits per heavy atom. The van der Waals surface area contributed by atoms with Crippen LogP contribution in [0.2, 0.25) is 0 Å². The summed E-state index contributed by atoms with van der Waals surface area (Å²) < 4.78 is 5.41. The lowest BCUT2D eigenvalue weighted by atomic mass is 9.56. The van der Waals surface area contributed by atoms with Crippen LogP contribution in [0.1, 0.15) is 103 Å². The quantitative estimate of drug-likeness (QED) is 0.152. The molecule has 280 valence electrons. The van der Waals surface area contributed by atoms with E-state index < -0.39 is 72.0 Å². The van der Waals surface area contributed by atoms with E-state index in [4.69, 9.17) is 10.5 Å². The molecule has 5 rings (SSSR count). The predicted octanol–water partition coefficient (Wildman–Crippen LogP) is 3.25. The summed E-state index contributed by atoms with van der Waals surface area (Å²) in [5, 5.41) is 10.5. The molecule has 5 amide bonds. The minimum absolute atomic E-state index is 0.0277. The van der Waals surface area contributed by atoms with Crippen molar-refractivity contribution in [2.75, 3.05) is 13.2 Å². The summed E-state index contributed by atoms with van der Waals surface area (Å²) in [6.07, 6.45) is 7.79. The highest BCUT2D eigenvalue weighted by Crippen LogP contribution is 2.50. The zero-order valence-corrected chi connectivity index (χ0v) is 30.1. The van der Waals surface area contributed by atoms with Gasteiger partial charge in [-0.2, -0.15) is 0 Å². The monoisotopic (exact) mass is 709 g/mol. The molecule has 4 saturated carbocycles. The van der Waals surface area contributed by atoms with Gasteiger partial charge in [0.1, 0.15) is 6.04 Å². The van der Waals surface area contributed by atoms with Crippen LogP contribution in [0.4, 0.5) is 4.79 Å². The second-order valence-corrected chi connectivity index (χ2v) is 14.9. The number of Topliss-reactive ketones (excluding diaryl/α,β-unsaturated/α-hetero) is 2. The smallest absolute Gasteiger partial charge is 0.407 e. The van der Waals surface area contributed by atoms with Crippen molar-refractivity contribution in [3.63, 3.8) is 0 Å². The van der Waals surface area contributed by atoms with Crippen LogP contribution in [0.5, 0.6) is 0 Å². The second kappa shape index (κ2) is 18.8. The van der Waals surface area contributed by atoms with Crippen molar-refractivity contribution in [3.8, 4) is 0 Å². The molecule has 0 saturated heterocycles. The van der Waals surface area contributed by atoms with Crippen molar-refractivity contribution in [2.45, 2.75) is 110 Å². The molecule has 0 spiro atoms. The lowest BCUT2D eigenvalue weighted by Gasteiger charge is -2.48. The fourth-order valence-electron chi connectivity index (χ4n) is 8.15. The largest absolute Gasteiger partial charge is 0.449 e. The van der Waals surface area contributed by atoms with E-state index in [0.717, 1.165) is 57.8 Å². The van der Waals surface area contributed by atoms with Crippen LogP contribution < -0.4 is 27.0 Å². The average molecular weight is 710 g/mol. The van der Waals surface area contributed by atoms with Crippen LogP contribution >= 0.6 is 0 Å². The van der Waals surface area contributed by atoms with Crippen LogP contribution in [0, 0.1) is 35.5 Å². The third-order valence-electron chi connectivity index (χ3n) is 10.7. The Labute approximate surface area is 300 Å². The SMILES string of the molecule is CCCC(NC(=O)C1C2CCC(CC2)C1C(=O)[C@@H](NC(=O)OCC(C)C)C1CCCCC1)C(=O)C(=O)NCC(=O)N[C@H](C(N)=O)c1ccccc1. The molecule has 4 fully saturated rings. The number of alkyl carbamates (subject to hydrolysis) is 1. The molecular weight excluding hydrogens is 654 g/mol. The van der Waals surface area contributed by atoms with Crippen LogP contribution in [0.3, 0.4) is 0 Å². The number of primary amides is 1.